The number of nitrogens with zero attached hydrogens (tertiary/aromatic N) is 1. The minimum atomic E-state index is -1.04. The fourth-order valence-electron chi connectivity index (χ4n) is 3.34. The van der Waals surface area contributed by atoms with Gasteiger partial charge in [-0.2, -0.15) is 0 Å². The van der Waals surface area contributed by atoms with Crippen LogP contribution in [-0.4, -0.2) is 15.6 Å². The fraction of sp³-hybridized carbons (Fsp3) is 0.238. The van der Waals surface area contributed by atoms with E-state index in [1.807, 2.05) is 26.0 Å². The summed E-state index contributed by atoms with van der Waals surface area (Å²) in [5, 5.41) is 11.0. The summed E-state index contributed by atoms with van der Waals surface area (Å²) in [5.74, 6) is -0.790. The lowest BCUT2D eigenvalue weighted by atomic mass is 9.95. The quantitative estimate of drug-likeness (QED) is 0.633. The van der Waals surface area contributed by atoms with E-state index in [0.717, 1.165) is 11.1 Å². The zero-order valence-electron chi connectivity index (χ0n) is 15.6. The highest BCUT2D eigenvalue weighted by Crippen LogP contribution is 2.32. The van der Waals surface area contributed by atoms with Crippen LogP contribution in [0.4, 0.5) is 0 Å². The van der Waals surface area contributed by atoms with Crippen LogP contribution in [0.5, 0.6) is 0 Å². The van der Waals surface area contributed by atoms with Gasteiger partial charge in [-0.1, -0.05) is 37.6 Å². The number of halogens is 2. The third-order valence-corrected chi connectivity index (χ3v) is 4.75. The predicted octanol–water partition coefficient (Wildman–Crippen LogP) is 4.56. The lowest BCUT2D eigenvalue weighted by Crippen LogP contribution is -2.28. The van der Waals surface area contributed by atoms with Gasteiger partial charge in [0.25, 0.3) is 5.56 Å². The molecular weight excluding hydrogens is 399 g/mol. The number of carbonyl (C=O) groups is 1. The predicted molar refractivity (Wildman–Crippen MR) is 116 cm³/mol. The molecule has 0 unspecified atom stereocenters. The molecule has 3 aromatic rings. The molecule has 1 aromatic heterocycles. The number of rotatable bonds is 5. The molecule has 28 heavy (non-hydrogen) atoms. The number of hydrogen-bond donors (Lipinski definition) is 2. The van der Waals surface area contributed by atoms with Crippen LogP contribution in [0.25, 0.3) is 21.9 Å². The molecule has 0 aliphatic heterocycles. The average Bonchev–Trinajstić information content (AvgIpc) is 2.63. The number of carboxylic acids is 1. The Balaban J connectivity index is 0.00000280. The molecule has 0 atom stereocenters. The number of aromatic carboxylic acids is 1. The first-order valence-electron chi connectivity index (χ1n) is 8.72. The SMILES string of the molecule is CC(C)Cn1c(CN)c(-c2ccc(Cl)cc2)c2cc(C(=O)O)ccc2c1=O.Cl. The van der Waals surface area contributed by atoms with E-state index >= 15 is 0 Å². The van der Waals surface area contributed by atoms with E-state index in [0.29, 0.717) is 28.0 Å². The summed E-state index contributed by atoms with van der Waals surface area (Å²) in [7, 11) is 0. The molecule has 0 saturated carbocycles. The second-order valence-electron chi connectivity index (χ2n) is 6.91. The number of aromatic nitrogens is 1. The Hall–Kier alpha value is -2.34. The molecule has 0 aliphatic carbocycles. The first kappa shape index (κ1) is 22.0. The van der Waals surface area contributed by atoms with E-state index in [-0.39, 0.29) is 36.0 Å². The van der Waals surface area contributed by atoms with Crippen molar-refractivity contribution in [3.8, 4) is 11.1 Å². The van der Waals surface area contributed by atoms with Crippen molar-refractivity contribution in [2.75, 3.05) is 0 Å². The molecule has 1 heterocycles. The van der Waals surface area contributed by atoms with Gasteiger partial charge in [0.15, 0.2) is 0 Å². The molecule has 7 heteroatoms. The summed E-state index contributed by atoms with van der Waals surface area (Å²) in [6.45, 7) is 4.76. The summed E-state index contributed by atoms with van der Waals surface area (Å²) in [4.78, 5) is 24.6. The Morgan fingerprint density at radius 3 is 2.32 bits per heavy atom. The molecule has 0 fully saturated rings. The van der Waals surface area contributed by atoms with Crippen LogP contribution in [0, 0.1) is 5.92 Å². The van der Waals surface area contributed by atoms with E-state index in [1.54, 1.807) is 28.8 Å². The highest BCUT2D eigenvalue weighted by Gasteiger charge is 2.19. The van der Waals surface area contributed by atoms with Gasteiger partial charge in [-0.05, 0) is 47.2 Å². The molecule has 0 amide bonds. The highest BCUT2D eigenvalue weighted by atomic mass is 35.5. The van der Waals surface area contributed by atoms with E-state index in [9.17, 15) is 14.7 Å². The Morgan fingerprint density at radius 1 is 1.14 bits per heavy atom. The summed E-state index contributed by atoms with van der Waals surface area (Å²) < 4.78 is 1.71. The largest absolute Gasteiger partial charge is 0.478 e. The molecular formula is C21H22Cl2N2O3. The molecule has 3 rings (SSSR count). The van der Waals surface area contributed by atoms with Gasteiger partial charge >= 0.3 is 5.97 Å². The van der Waals surface area contributed by atoms with Crippen molar-refractivity contribution in [1.29, 1.82) is 0 Å². The lowest BCUT2D eigenvalue weighted by Gasteiger charge is -2.21. The lowest BCUT2D eigenvalue weighted by molar-refractivity contribution is 0.0697. The number of nitrogens with two attached hydrogens (primary N) is 1. The normalized spacial score (nSPS) is 10.9. The average molecular weight is 421 g/mol. The standard InChI is InChI=1S/C21H21ClN2O3.ClH/c1-12(2)11-24-18(10-23)19(13-3-6-15(22)7-4-13)17-9-14(21(26)27)5-8-16(17)20(24)25;/h3-9,12H,10-11,23H2,1-2H3,(H,26,27);1H. The van der Waals surface area contributed by atoms with Crippen molar-refractivity contribution in [3.05, 3.63) is 69.1 Å². The maximum Gasteiger partial charge on any atom is 0.335 e. The van der Waals surface area contributed by atoms with Gasteiger partial charge in [0, 0.05) is 34.8 Å². The van der Waals surface area contributed by atoms with Gasteiger partial charge in [0.1, 0.15) is 0 Å². The molecule has 0 radical (unpaired) electrons. The van der Waals surface area contributed by atoms with E-state index in [1.165, 1.54) is 6.07 Å². The fourth-order valence-corrected chi connectivity index (χ4v) is 3.46. The zero-order chi connectivity index (χ0) is 19.7. The maximum absolute atomic E-state index is 13.1. The first-order valence-corrected chi connectivity index (χ1v) is 9.10. The number of hydrogen-bond acceptors (Lipinski definition) is 3. The van der Waals surface area contributed by atoms with Gasteiger partial charge in [-0.3, -0.25) is 4.79 Å². The molecule has 0 spiro atoms. The van der Waals surface area contributed by atoms with E-state index in [4.69, 9.17) is 17.3 Å². The Morgan fingerprint density at radius 2 is 1.79 bits per heavy atom. The molecule has 0 aliphatic rings. The van der Waals surface area contributed by atoms with Crippen LogP contribution in [0.15, 0.2) is 47.3 Å². The molecule has 2 aromatic carbocycles. The second-order valence-corrected chi connectivity index (χ2v) is 7.34. The van der Waals surface area contributed by atoms with Gasteiger partial charge in [-0.25, -0.2) is 4.79 Å². The number of pyridine rings is 1. The van der Waals surface area contributed by atoms with Crippen LogP contribution >= 0.6 is 24.0 Å². The van der Waals surface area contributed by atoms with Gasteiger partial charge < -0.3 is 15.4 Å². The van der Waals surface area contributed by atoms with E-state index in [2.05, 4.69) is 0 Å². The second kappa shape index (κ2) is 8.78. The van der Waals surface area contributed by atoms with Crippen molar-refractivity contribution in [2.24, 2.45) is 11.7 Å². The zero-order valence-corrected chi connectivity index (χ0v) is 17.2. The molecule has 3 N–H and O–H groups in total. The number of benzene rings is 2. The monoisotopic (exact) mass is 420 g/mol. The third-order valence-electron chi connectivity index (χ3n) is 4.50. The number of carboxylic acid groups (broad SMARTS) is 1. The Kier molecular flexibility index (Phi) is 6.88. The summed E-state index contributed by atoms with van der Waals surface area (Å²) in [6.07, 6.45) is 0. The van der Waals surface area contributed by atoms with Crippen molar-refractivity contribution in [3.63, 3.8) is 0 Å². The van der Waals surface area contributed by atoms with Gasteiger partial charge in [0.2, 0.25) is 0 Å². The smallest absolute Gasteiger partial charge is 0.335 e. The molecule has 0 saturated heterocycles. The summed E-state index contributed by atoms with van der Waals surface area (Å²) in [6, 6.07) is 11.8. The molecule has 5 nitrogen and oxygen atoms in total. The Bertz CT molecular complexity index is 1070. The van der Waals surface area contributed by atoms with Crippen molar-refractivity contribution in [1.82, 2.24) is 4.57 Å². The van der Waals surface area contributed by atoms with Crippen LogP contribution in [0.3, 0.4) is 0 Å². The maximum atomic E-state index is 13.1. The summed E-state index contributed by atoms with van der Waals surface area (Å²) in [5.41, 5.74) is 8.31. The third kappa shape index (κ3) is 4.07. The van der Waals surface area contributed by atoms with Crippen LogP contribution in [0.2, 0.25) is 5.02 Å². The highest BCUT2D eigenvalue weighted by molar-refractivity contribution is 6.30. The van der Waals surface area contributed by atoms with Crippen LogP contribution < -0.4 is 11.3 Å². The van der Waals surface area contributed by atoms with Crippen molar-refractivity contribution >= 4 is 40.7 Å². The van der Waals surface area contributed by atoms with Crippen LogP contribution in [-0.2, 0) is 13.1 Å². The Labute approximate surface area is 174 Å². The molecule has 148 valence electrons. The summed E-state index contributed by atoms with van der Waals surface area (Å²) >= 11 is 6.03. The van der Waals surface area contributed by atoms with Crippen molar-refractivity contribution in [2.45, 2.75) is 26.9 Å². The van der Waals surface area contributed by atoms with Crippen molar-refractivity contribution < 1.29 is 9.90 Å². The van der Waals surface area contributed by atoms with Gasteiger partial charge in [0.05, 0.1) is 5.56 Å². The first-order chi connectivity index (χ1) is 12.8. The molecule has 0 bridgehead atoms. The van der Waals surface area contributed by atoms with Crippen LogP contribution in [0.1, 0.15) is 29.9 Å². The minimum Gasteiger partial charge on any atom is -0.478 e. The minimum absolute atomic E-state index is 0. The van der Waals surface area contributed by atoms with E-state index < -0.39 is 5.97 Å². The van der Waals surface area contributed by atoms with Gasteiger partial charge in [-0.15, -0.1) is 12.4 Å². The number of fused-ring (bicyclic) bond motifs is 1. The topological polar surface area (TPSA) is 85.3 Å².